The summed E-state index contributed by atoms with van der Waals surface area (Å²) in [6.07, 6.45) is 1.86. The summed E-state index contributed by atoms with van der Waals surface area (Å²) in [7, 11) is 0. The van der Waals surface area contributed by atoms with Crippen molar-refractivity contribution in [1.29, 1.82) is 0 Å². The molecule has 0 aliphatic heterocycles. The van der Waals surface area contributed by atoms with E-state index >= 15 is 0 Å². The number of hydrogen-bond donors (Lipinski definition) is 2. The molecule has 25 heavy (non-hydrogen) atoms. The maximum Gasteiger partial charge on any atom is 0.338 e. The minimum Gasteiger partial charge on any atom is -0.460 e. The average molecular weight is 361 g/mol. The van der Waals surface area contributed by atoms with E-state index in [2.05, 4.69) is 11.4 Å². The zero-order chi connectivity index (χ0) is 16.9. The lowest BCUT2D eigenvalue weighted by molar-refractivity contribution is -0.121. The van der Waals surface area contributed by atoms with E-state index in [1.54, 1.807) is 24.3 Å². The number of hydrogen-bond acceptors (Lipinski definition) is 4. The summed E-state index contributed by atoms with van der Waals surface area (Å²) in [5.74, 6) is -0.990. The van der Waals surface area contributed by atoms with Crippen molar-refractivity contribution in [3.63, 3.8) is 0 Å². The highest BCUT2D eigenvalue weighted by Crippen LogP contribution is 2.31. The second-order valence-electron chi connectivity index (χ2n) is 5.88. The molecule has 2 aromatic rings. The summed E-state index contributed by atoms with van der Waals surface area (Å²) in [6.45, 7) is -0.0816. The molecular weight excluding hydrogens is 340 g/mol. The fourth-order valence-corrected chi connectivity index (χ4v) is 3.00. The molecule has 1 amide bonds. The number of rotatable bonds is 6. The Kier molecular flexibility index (Phi) is 6.56. The van der Waals surface area contributed by atoms with Crippen LogP contribution in [0, 0.1) is 0 Å². The van der Waals surface area contributed by atoms with Crippen LogP contribution in [0.3, 0.4) is 0 Å². The molecule has 0 fully saturated rings. The smallest absolute Gasteiger partial charge is 0.338 e. The van der Waals surface area contributed by atoms with E-state index in [0.717, 1.165) is 12.8 Å². The summed E-state index contributed by atoms with van der Waals surface area (Å²) < 4.78 is 5.25. The maximum atomic E-state index is 12.0. The van der Waals surface area contributed by atoms with Crippen molar-refractivity contribution in [2.75, 3.05) is 6.61 Å². The van der Waals surface area contributed by atoms with E-state index in [4.69, 9.17) is 10.5 Å². The lowest BCUT2D eigenvalue weighted by Gasteiger charge is -2.21. The largest absolute Gasteiger partial charge is 0.460 e. The molecule has 6 heteroatoms. The van der Waals surface area contributed by atoms with Gasteiger partial charge in [-0.1, -0.05) is 42.5 Å². The first-order valence-corrected chi connectivity index (χ1v) is 8.00. The van der Waals surface area contributed by atoms with E-state index in [1.807, 2.05) is 24.3 Å². The first-order chi connectivity index (χ1) is 11.6. The van der Waals surface area contributed by atoms with Crippen molar-refractivity contribution in [1.82, 2.24) is 5.32 Å². The number of esters is 1. The van der Waals surface area contributed by atoms with Gasteiger partial charge in [-0.15, -0.1) is 12.4 Å². The van der Waals surface area contributed by atoms with Gasteiger partial charge in [0.05, 0.1) is 5.56 Å². The first-order valence-electron chi connectivity index (χ1n) is 8.00. The fraction of sp³-hybridized carbons (Fsp3) is 0.263. The highest BCUT2D eigenvalue weighted by Gasteiger charge is 2.27. The highest BCUT2D eigenvalue weighted by molar-refractivity contribution is 5.89. The standard InChI is InChI=1S/C19H20N2O3.ClH/c20-18(22)17(12-24-19(23)14-7-2-1-3-8-14)21-16-11-10-13-6-4-5-9-15(13)16;/h1-9,16-17,21H,10-12H2,(H2,20,22);1H. The second kappa shape index (κ2) is 8.65. The van der Waals surface area contributed by atoms with Crippen LogP contribution in [-0.2, 0) is 16.0 Å². The molecule has 1 aliphatic carbocycles. The first kappa shape index (κ1) is 19.0. The number of ether oxygens (including phenoxy) is 1. The number of carbonyl (C=O) groups is 2. The Morgan fingerprint density at radius 2 is 1.80 bits per heavy atom. The van der Waals surface area contributed by atoms with Crippen molar-refractivity contribution in [3.05, 3.63) is 71.3 Å². The Morgan fingerprint density at radius 1 is 1.12 bits per heavy atom. The number of halogens is 1. The summed E-state index contributed by atoms with van der Waals surface area (Å²) in [4.78, 5) is 23.7. The van der Waals surface area contributed by atoms with Gasteiger partial charge in [-0.2, -0.15) is 0 Å². The van der Waals surface area contributed by atoms with Crippen molar-refractivity contribution in [3.8, 4) is 0 Å². The minimum absolute atomic E-state index is 0. The number of fused-ring (bicyclic) bond motifs is 1. The van der Waals surface area contributed by atoms with Crippen LogP contribution in [0.4, 0.5) is 0 Å². The summed E-state index contributed by atoms with van der Waals surface area (Å²) in [6, 6.07) is 16.1. The van der Waals surface area contributed by atoms with Crippen molar-refractivity contribution < 1.29 is 14.3 Å². The van der Waals surface area contributed by atoms with Gasteiger partial charge in [0.15, 0.2) is 0 Å². The Balaban J connectivity index is 0.00000225. The van der Waals surface area contributed by atoms with E-state index in [1.165, 1.54) is 11.1 Å². The Hall–Kier alpha value is -2.37. The zero-order valence-electron chi connectivity index (χ0n) is 13.7. The van der Waals surface area contributed by atoms with Crippen LogP contribution in [0.5, 0.6) is 0 Å². The number of primary amides is 1. The van der Waals surface area contributed by atoms with E-state index in [9.17, 15) is 9.59 Å². The molecule has 0 bridgehead atoms. The van der Waals surface area contributed by atoms with Gasteiger partial charge in [-0.25, -0.2) is 4.79 Å². The van der Waals surface area contributed by atoms with Gasteiger partial charge in [-0.3, -0.25) is 10.1 Å². The molecule has 132 valence electrons. The molecule has 2 atom stereocenters. The third-order valence-electron chi connectivity index (χ3n) is 4.27. The van der Waals surface area contributed by atoms with Crippen LogP contribution in [0.15, 0.2) is 54.6 Å². The van der Waals surface area contributed by atoms with Crippen LogP contribution >= 0.6 is 12.4 Å². The molecule has 2 aromatic carbocycles. The van der Waals surface area contributed by atoms with Crippen LogP contribution in [0.1, 0.15) is 33.9 Å². The molecule has 2 unspecified atom stereocenters. The van der Waals surface area contributed by atoms with Gasteiger partial charge < -0.3 is 10.5 Å². The lowest BCUT2D eigenvalue weighted by atomic mass is 10.1. The van der Waals surface area contributed by atoms with Gasteiger partial charge in [-0.05, 0) is 36.1 Å². The summed E-state index contributed by atoms with van der Waals surface area (Å²) >= 11 is 0. The molecule has 3 N–H and O–H groups in total. The average Bonchev–Trinajstić information content (AvgIpc) is 3.02. The van der Waals surface area contributed by atoms with Crippen LogP contribution in [0.2, 0.25) is 0 Å². The molecule has 0 saturated carbocycles. The topological polar surface area (TPSA) is 81.4 Å². The van der Waals surface area contributed by atoms with Gasteiger partial charge in [0.25, 0.3) is 0 Å². The Labute approximate surface area is 153 Å². The monoisotopic (exact) mass is 360 g/mol. The molecule has 0 saturated heterocycles. The van der Waals surface area contributed by atoms with Crippen LogP contribution in [-0.4, -0.2) is 24.5 Å². The number of nitrogens with two attached hydrogens (primary N) is 1. The number of carbonyl (C=O) groups excluding carboxylic acids is 2. The van der Waals surface area contributed by atoms with Crippen molar-refractivity contribution in [2.45, 2.75) is 24.9 Å². The summed E-state index contributed by atoms with van der Waals surface area (Å²) in [5, 5.41) is 3.23. The molecule has 0 aromatic heterocycles. The quantitative estimate of drug-likeness (QED) is 0.775. The number of nitrogens with one attached hydrogen (secondary N) is 1. The van der Waals surface area contributed by atoms with Crippen molar-refractivity contribution >= 4 is 24.3 Å². The second-order valence-corrected chi connectivity index (χ2v) is 5.88. The third-order valence-corrected chi connectivity index (χ3v) is 4.27. The normalized spacial score (nSPS) is 16.4. The molecule has 0 heterocycles. The van der Waals surface area contributed by atoms with Crippen molar-refractivity contribution in [2.24, 2.45) is 5.73 Å². The van der Waals surface area contributed by atoms with Gasteiger partial charge in [0.2, 0.25) is 5.91 Å². The van der Waals surface area contributed by atoms with Gasteiger partial charge in [0.1, 0.15) is 12.6 Å². The van der Waals surface area contributed by atoms with Gasteiger partial charge >= 0.3 is 5.97 Å². The van der Waals surface area contributed by atoms with Crippen LogP contribution in [0.25, 0.3) is 0 Å². The summed E-state index contributed by atoms with van der Waals surface area (Å²) in [5.41, 5.74) is 8.37. The van der Waals surface area contributed by atoms with Crippen LogP contribution < -0.4 is 11.1 Å². The molecule has 3 rings (SSSR count). The highest BCUT2D eigenvalue weighted by atomic mass is 35.5. The zero-order valence-corrected chi connectivity index (χ0v) is 14.5. The molecule has 0 radical (unpaired) electrons. The Bertz CT molecular complexity index is 736. The van der Waals surface area contributed by atoms with E-state index in [0.29, 0.717) is 5.56 Å². The fourth-order valence-electron chi connectivity index (χ4n) is 3.00. The number of aryl methyl sites for hydroxylation is 1. The Morgan fingerprint density at radius 3 is 2.52 bits per heavy atom. The van der Waals surface area contributed by atoms with Gasteiger partial charge in [0, 0.05) is 6.04 Å². The number of benzene rings is 2. The third kappa shape index (κ3) is 4.59. The van der Waals surface area contributed by atoms with E-state index < -0.39 is 17.9 Å². The molecule has 1 aliphatic rings. The minimum atomic E-state index is -0.714. The maximum absolute atomic E-state index is 12.0. The lowest BCUT2D eigenvalue weighted by Crippen LogP contribution is -2.46. The molecular formula is C19H21ClN2O3. The number of amides is 1. The van der Waals surface area contributed by atoms with E-state index in [-0.39, 0.29) is 25.1 Å². The molecule has 5 nitrogen and oxygen atoms in total. The SMILES string of the molecule is Cl.NC(=O)C(COC(=O)c1ccccc1)NC1CCc2ccccc21. The molecule has 0 spiro atoms. The predicted octanol–water partition coefficient (Wildman–Crippen LogP) is 2.40. The predicted molar refractivity (Wildman–Crippen MR) is 97.6 cm³/mol.